The molecule has 0 aliphatic heterocycles. The Morgan fingerprint density at radius 3 is 2.70 bits per heavy atom. The SMILES string of the molecule is NC(=O)c1nnc(NCCNCCO)nc1Nc1ccc2nn(C3CCC3)cc2c1.O=CO. The minimum Gasteiger partial charge on any atom is -0.483 e. The van der Waals surface area contributed by atoms with Gasteiger partial charge in [-0.2, -0.15) is 10.1 Å². The van der Waals surface area contributed by atoms with Crippen LogP contribution in [0.25, 0.3) is 10.9 Å². The Balaban J connectivity index is 0.000000968. The zero-order valence-electron chi connectivity index (χ0n) is 17.9. The number of primary amides is 1. The Labute approximate surface area is 189 Å². The summed E-state index contributed by atoms with van der Waals surface area (Å²) in [5, 5.41) is 38.3. The van der Waals surface area contributed by atoms with E-state index in [4.69, 9.17) is 20.7 Å². The summed E-state index contributed by atoms with van der Waals surface area (Å²) in [6.45, 7) is 1.48. The van der Waals surface area contributed by atoms with E-state index in [1.54, 1.807) is 0 Å². The Hall–Kier alpha value is -3.84. The molecule has 13 heteroatoms. The van der Waals surface area contributed by atoms with Gasteiger partial charge in [-0.3, -0.25) is 14.3 Å². The lowest BCUT2D eigenvalue weighted by Gasteiger charge is -2.25. The third-order valence-electron chi connectivity index (χ3n) is 5.03. The number of amides is 1. The summed E-state index contributed by atoms with van der Waals surface area (Å²) in [6.07, 6.45) is 5.63. The van der Waals surface area contributed by atoms with Gasteiger partial charge in [-0.15, -0.1) is 10.2 Å². The van der Waals surface area contributed by atoms with Crippen molar-refractivity contribution < 1.29 is 19.8 Å². The molecule has 2 aromatic heterocycles. The summed E-state index contributed by atoms with van der Waals surface area (Å²) >= 11 is 0. The van der Waals surface area contributed by atoms with Crippen molar-refractivity contribution in [3.05, 3.63) is 30.1 Å². The fourth-order valence-electron chi connectivity index (χ4n) is 3.22. The lowest BCUT2D eigenvalue weighted by molar-refractivity contribution is -0.122. The second-order valence-electron chi connectivity index (χ2n) is 7.30. The number of anilines is 3. The summed E-state index contributed by atoms with van der Waals surface area (Å²) in [6, 6.07) is 6.24. The molecule has 0 saturated heterocycles. The summed E-state index contributed by atoms with van der Waals surface area (Å²) in [7, 11) is 0. The number of rotatable bonds is 10. The number of benzene rings is 1. The number of hydrogen-bond acceptors (Lipinski definition) is 10. The van der Waals surface area contributed by atoms with E-state index >= 15 is 0 Å². The number of nitrogens with two attached hydrogens (primary N) is 1. The molecule has 33 heavy (non-hydrogen) atoms. The quantitative estimate of drug-likeness (QED) is 0.183. The fourth-order valence-corrected chi connectivity index (χ4v) is 3.22. The largest absolute Gasteiger partial charge is 0.483 e. The number of carbonyl (C=O) groups excluding carboxylic acids is 1. The van der Waals surface area contributed by atoms with Gasteiger partial charge in [0.15, 0.2) is 11.5 Å². The first-order chi connectivity index (χ1) is 16.0. The maximum absolute atomic E-state index is 11.8. The zero-order chi connectivity index (χ0) is 23.6. The molecule has 0 spiro atoms. The highest BCUT2D eigenvalue weighted by molar-refractivity contribution is 5.96. The average molecular weight is 457 g/mol. The Morgan fingerprint density at radius 1 is 1.24 bits per heavy atom. The predicted molar refractivity (Wildman–Crippen MR) is 121 cm³/mol. The van der Waals surface area contributed by atoms with Gasteiger partial charge in [-0.05, 0) is 37.5 Å². The number of fused-ring (bicyclic) bond motifs is 1. The first-order valence-electron chi connectivity index (χ1n) is 10.5. The molecule has 2 heterocycles. The molecular formula is C20H27N9O4. The molecule has 1 saturated carbocycles. The van der Waals surface area contributed by atoms with Crippen LogP contribution in [0.5, 0.6) is 0 Å². The fraction of sp³-hybridized carbons (Fsp3) is 0.400. The number of aromatic nitrogens is 5. The molecule has 1 fully saturated rings. The van der Waals surface area contributed by atoms with Gasteiger partial charge in [0.1, 0.15) is 0 Å². The van der Waals surface area contributed by atoms with Crippen LogP contribution in [0.1, 0.15) is 35.8 Å². The highest BCUT2D eigenvalue weighted by Gasteiger charge is 2.20. The van der Waals surface area contributed by atoms with Crippen molar-refractivity contribution in [3.63, 3.8) is 0 Å². The molecule has 1 aliphatic carbocycles. The molecule has 0 atom stereocenters. The van der Waals surface area contributed by atoms with E-state index in [0.29, 0.717) is 25.7 Å². The highest BCUT2D eigenvalue weighted by Crippen LogP contribution is 2.32. The molecule has 1 aliphatic rings. The summed E-state index contributed by atoms with van der Waals surface area (Å²) in [4.78, 5) is 24.5. The van der Waals surface area contributed by atoms with Crippen LogP contribution >= 0.6 is 0 Å². The van der Waals surface area contributed by atoms with Crippen LogP contribution in [-0.2, 0) is 4.79 Å². The lowest BCUT2D eigenvalue weighted by Crippen LogP contribution is -2.26. The van der Waals surface area contributed by atoms with Gasteiger partial charge >= 0.3 is 0 Å². The average Bonchev–Trinajstić information content (AvgIpc) is 3.15. The van der Waals surface area contributed by atoms with Gasteiger partial charge in [-0.25, -0.2) is 0 Å². The van der Waals surface area contributed by atoms with Crippen LogP contribution in [-0.4, -0.2) is 73.8 Å². The third kappa shape index (κ3) is 6.33. The number of carbonyl (C=O) groups is 2. The smallest absolute Gasteiger partial charge is 0.290 e. The molecule has 1 aromatic carbocycles. The standard InChI is InChI=1S/C19H25N9O2.CH2O2/c20-17(30)16-18(24-19(26-25-16)22-7-6-21-8-9-29)23-13-4-5-15-12(10-13)11-28(27-15)14-2-1-3-14;2-1-3/h4-5,10-11,14,21,29H,1-3,6-9H2,(H2,20,30)(H2,22,23,24,26);1H,(H,2,3). The maximum Gasteiger partial charge on any atom is 0.290 e. The minimum absolute atomic E-state index is 0.0378. The Kier molecular flexibility index (Phi) is 8.43. The summed E-state index contributed by atoms with van der Waals surface area (Å²) in [5.41, 5.74) is 7.06. The third-order valence-corrected chi connectivity index (χ3v) is 5.03. The second-order valence-corrected chi connectivity index (χ2v) is 7.30. The number of aliphatic hydroxyl groups excluding tert-OH is 1. The first-order valence-corrected chi connectivity index (χ1v) is 10.5. The molecule has 0 unspecified atom stereocenters. The van der Waals surface area contributed by atoms with Gasteiger partial charge in [0.2, 0.25) is 5.95 Å². The van der Waals surface area contributed by atoms with Crippen molar-refractivity contribution >= 4 is 40.7 Å². The first kappa shape index (κ1) is 23.8. The Morgan fingerprint density at radius 2 is 2.03 bits per heavy atom. The van der Waals surface area contributed by atoms with E-state index < -0.39 is 5.91 Å². The Bertz CT molecular complexity index is 1080. The van der Waals surface area contributed by atoms with Crippen molar-refractivity contribution in [2.45, 2.75) is 25.3 Å². The maximum atomic E-state index is 11.8. The van der Waals surface area contributed by atoms with E-state index in [0.717, 1.165) is 16.6 Å². The van der Waals surface area contributed by atoms with Gasteiger partial charge in [-0.1, -0.05) is 0 Å². The van der Waals surface area contributed by atoms with E-state index in [2.05, 4.69) is 36.2 Å². The molecule has 176 valence electrons. The van der Waals surface area contributed by atoms with Gasteiger partial charge in [0.05, 0.1) is 18.2 Å². The molecule has 3 aromatic rings. The molecular weight excluding hydrogens is 430 g/mol. The number of nitrogens with zero attached hydrogens (tertiary/aromatic N) is 5. The number of carboxylic acid groups (broad SMARTS) is 1. The van der Waals surface area contributed by atoms with Crippen LogP contribution in [0.3, 0.4) is 0 Å². The highest BCUT2D eigenvalue weighted by atomic mass is 16.3. The number of aliphatic hydroxyl groups is 1. The lowest BCUT2D eigenvalue weighted by atomic mass is 9.93. The van der Waals surface area contributed by atoms with Crippen LogP contribution in [0.2, 0.25) is 0 Å². The molecule has 0 radical (unpaired) electrons. The van der Waals surface area contributed by atoms with Gasteiger partial charge in [0.25, 0.3) is 12.4 Å². The van der Waals surface area contributed by atoms with Crippen LogP contribution in [0.15, 0.2) is 24.4 Å². The van der Waals surface area contributed by atoms with Crippen LogP contribution < -0.4 is 21.7 Å². The normalized spacial score (nSPS) is 13.0. The number of hydrogen-bond donors (Lipinski definition) is 6. The van der Waals surface area contributed by atoms with Crippen molar-refractivity contribution in [1.82, 2.24) is 30.3 Å². The van der Waals surface area contributed by atoms with E-state index in [1.807, 2.05) is 29.1 Å². The van der Waals surface area contributed by atoms with Crippen molar-refractivity contribution in [3.8, 4) is 0 Å². The van der Waals surface area contributed by atoms with Crippen molar-refractivity contribution in [2.75, 3.05) is 36.9 Å². The van der Waals surface area contributed by atoms with E-state index in [1.165, 1.54) is 19.3 Å². The van der Waals surface area contributed by atoms with Gasteiger partial charge in [0, 0.05) is 36.9 Å². The summed E-state index contributed by atoms with van der Waals surface area (Å²) < 4.78 is 2.03. The summed E-state index contributed by atoms with van der Waals surface area (Å²) in [5.74, 6) is -0.214. The monoisotopic (exact) mass is 457 g/mol. The molecule has 13 nitrogen and oxygen atoms in total. The minimum atomic E-state index is -0.715. The molecule has 1 amide bonds. The van der Waals surface area contributed by atoms with Crippen LogP contribution in [0, 0.1) is 0 Å². The van der Waals surface area contributed by atoms with Crippen molar-refractivity contribution in [2.24, 2.45) is 5.73 Å². The van der Waals surface area contributed by atoms with Crippen LogP contribution in [0.4, 0.5) is 17.5 Å². The second kappa shape index (κ2) is 11.7. The zero-order valence-corrected chi connectivity index (χ0v) is 17.9. The van der Waals surface area contributed by atoms with Gasteiger partial charge < -0.3 is 31.9 Å². The number of nitrogens with one attached hydrogen (secondary N) is 3. The van der Waals surface area contributed by atoms with E-state index in [9.17, 15) is 4.79 Å². The molecule has 7 N–H and O–H groups in total. The van der Waals surface area contributed by atoms with Crippen molar-refractivity contribution in [1.29, 1.82) is 0 Å². The molecule has 0 bridgehead atoms. The topological polar surface area (TPSA) is 193 Å². The predicted octanol–water partition coefficient (Wildman–Crippen LogP) is 0.483. The molecule has 4 rings (SSSR count). The van der Waals surface area contributed by atoms with E-state index in [-0.39, 0.29) is 30.5 Å².